The molecule has 1 aromatic rings. The quantitative estimate of drug-likeness (QED) is 0.579. The van der Waals surface area contributed by atoms with E-state index in [9.17, 15) is 18.0 Å². The van der Waals surface area contributed by atoms with Gasteiger partial charge in [0.15, 0.2) is 0 Å². The fourth-order valence-corrected chi connectivity index (χ4v) is 3.40. The predicted octanol–water partition coefficient (Wildman–Crippen LogP) is -0.257. The van der Waals surface area contributed by atoms with Crippen LogP contribution >= 0.6 is 9.24 Å². The normalized spacial score (nSPS) is 25.5. The van der Waals surface area contributed by atoms with Gasteiger partial charge in [-0.05, 0) is 19.5 Å². The average Bonchev–Trinajstić information content (AvgIpc) is 2.75. The van der Waals surface area contributed by atoms with Crippen molar-refractivity contribution in [3.8, 4) is 0 Å². The van der Waals surface area contributed by atoms with Gasteiger partial charge in [0.2, 0.25) is 0 Å². The molecule has 1 fully saturated rings. The molecule has 0 saturated carbocycles. The zero-order valence-electron chi connectivity index (χ0n) is 12.3. The third-order valence-corrected chi connectivity index (χ3v) is 4.32. The molecule has 0 radical (unpaired) electrons. The molecule has 4 atom stereocenters. The first-order chi connectivity index (χ1) is 10.2. The first kappa shape index (κ1) is 17.3. The van der Waals surface area contributed by atoms with Crippen molar-refractivity contribution in [2.75, 3.05) is 12.4 Å². The lowest BCUT2D eigenvalue weighted by atomic mass is 10.1. The van der Waals surface area contributed by atoms with Crippen molar-refractivity contribution in [1.82, 2.24) is 9.55 Å². The van der Waals surface area contributed by atoms with Gasteiger partial charge < -0.3 is 4.74 Å². The molecule has 22 heavy (non-hydrogen) atoms. The van der Waals surface area contributed by atoms with Gasteiger partial charge in [-0.1, -0.05) is 0 Å². The predicted molar refractivity (Wildman–Crippen MR) is 83.5 cm³/mol. The Bertz CT molecular complexity index is 756. The summed E-state index contributed by atoms with van der Waals surface area (Å²) in [5, 5.41) is 0. The fraction of sp³-hybridized carbons (Fsp3) is 0.667. The van der Waals surface area contributed by atoms with Gasteiger partial charge in [0.05, 0.1) is 12.4 Å². The highest BCUT2D eigenvalue weighted by atomic mass is 32.2. The zero-order valence-corrected chi connectivity index (χ0v) is 14.3. The number of nitrogens with one attached hydrogen (secondary N) is 1. The summed E-state index contributed by atoms with van der Waals surface area (Å²) in [4.78, 5) is 25.5. The molecule has 0 amide bonds. The van der Waals surface area contributed by atoms with E-state index in [1.54, 1.807) is 6.92 Å². The van der Waals surface area contributed by atoms with Crippen LogP contribution in [0, 0.1) is 6.92 Å². The van der Waals surface area contributed by atoms with Crippen molar-refractivity contribution in [1.29, 1.82) is 0 Å². The van der Waals surface area contributed by atoms with Gasteiger partial charge >= 0.3 is 5.69 Å². The van der Waals surface area contributed by atoms with Crippen LogP contribution in [0.2, 0.25) is 0 Å². The second-order valence-corrected chi connectivity index (χ2v) is 7.44. The van der Waals surface area contributed by atoms with Gasteiger partial charge in [0.1, 0.15) is 12.3 Å². The van der Waals surface area contributed by atoms with Gasteiger partial charge in [0, 0.05) is 18.2 Å². The van der Waals surface area contributed by atoms with E-state index in [0.29, 0.717) is 18.1 Å². The van der Waals surface area contributed by atoms with Crippen LogP contribution in [-0.2, 0) is 19.0 Å². The molecule has 2 rings (SSSR count). The van der Waals surface area contributed by atoms with E-state index in [1.807, 2.05) is 0 Å². The van der Waals surface area contributed by atoms with Gasteiger partial charge in [-0.3, -0.25) is 18.5 Å². The molecule has 2 heterocycles. The van der Waals surface area contributed by atoms with Crippen molar-refractivity contribution >= 4 is 19.4 Å². The Hall–Kier alpha value is -1.02. The first-order valence-corrected chi connectivity index (χ1v) is 9.40. The van der Waals surface area contributed by atoms with Crippen molar-refractivity contribution in [2.24, 2.45) is 0 Å². The minimum Gasteiger partial charge on any atom is -0.352 e. The number of aromatic nitrogens is 2. The highest BCUT2D eigenvalue weighted by Crippen LogP contribution is 2.32. The fourth-order valence-electron chi connectivity index (χ4n) is 2.42. The number of aromatic amines is 1. The first-order valence-electron chi connectivity index (χ1n) is 6.77. The molecule has 124 valence electrons. The molecular weight excluding hydrogens is 331 g/mol. The third-order valence-electron chi connectivity index (χ3n) is 3.39. The van der Waals surface area contributed by atoms with Gasteiger partial charge in [-0.2, -0.15) is 8.42 Å². The van der Waals surface area contributed by atoms with Crippen LogP contribution in [0.25, 0.3) is 0 Å². The summed E-state index contributed by atoms with van der Waals surface area (Å²) in [5.74, 6) is 0. The number of nitrogens with zero attached hydrogens (tertiary/aromatic N) is 1. The molecule has 8 nitrogen and oxygen atoms in total. The van der Waals surface area contributed by atoms with Gasteiger partial charge in [-0.25, -0.2) is 4.79 Å². The highest BCUT2D eigenvalue weighted by Gasteiger charge is 2.38. The number of hydrogen-bond acceptors (Lipinski definition) is 6. The molecule has 0 bridgehead atoms. The molecule has 1 aliphatic heterocycles. The van der Waals surface area contributed by atoms with Crippen LogP contribution in [-0.4, -0.2) is 42.6 Å². The van der Waals surface area contributed by atoms with Gasteiger partial charge in [0.25, 0.3) is 15.7 Å². The summed E-state index contributed by atoms with van der Waals surface area (Å²) in [6, 6.07) is 0. The molecule has 1 saturated heterocycles. The largest absolute Gasteiger partial charge is 0.352 e. The molecule has 1 N–H and O–H groups in total. The molecular formula is C12H19N2O6PS. The van der Waals surface area contributed by atoms with E-state index < -0.39 is 39.8 Å². The maximum absolute atomic E-state index is 11.9. The van der Waals surface area contributed by atoms with Crippen molar-refractivity contribution in [3.05, 3.63) is 32.6 Å². The van der Waals surface area contributed by atoms with Gasteiger partial charge in [-0.15, -0.1) is 9.24 Å². The summed E-state index contributed by atoms with van der Waals surface area (Å²) < 4.78 is 34.8. The second-order valence-electron chi connectivity index (χ2n) is 5.26. The Labute approximate surface area is 130 Å². The Morgan fingerprint density at radius 1 is 1.50 bits per heavy atom. The van der Waals surface area contributed by atoms with Crippen LogP contribution in [0.4, 0.5) is 0 Å². The third kappa shape index (κ3) is 4.04. The smallest absolute Gasteiger partial charge is 0.330 e. The van der Waals surface area contributed by atoms with Crippen LogP contribution < -0.4 is 11.2 Å². The molecule has 1 aromatic heterocycles. The lowest BCUT2D eigenvalue weighted by molar-refractivity contribution is -0.0167. The van der Waals surface area contributed by atoms with E-state index in [1.165, 1.54) is 10.8 Å². The summed E-state index contributed by atoms with van der Waals surface area (Å²) in [5.41, 5.74) is -0.673. The van der Waals surface area contributed by atoms with E-state index in [0.717, 1.165) is 6.26 Å². The summed E-state index contributed by atoms with van der Waals surface area (Å²) in [6.07, 6.45) is 2.14. The monoisotopic (exact) mass is 350 g/mol. The minimum absolute atomic E-state index is 0.216. The van der Waals surface area contributed by atoms with Crippen molar-refractivity contribution < 1.29 is 17.3 Å². The molecule has 0 aliphatic carbocycles. The van der Waals surface area contributed by atoms with Crippen molar-refractivity contribution in [3.63, 3.8) is 0 Å². The Balaban J connectivity index is 2.29. The lowest BCUT2D eigenvalue weighted by Gasteiger charge is -2.17. The Morgan fingerprint density at radius 2 is 2.18 bits per heavy atom. The Kier molecular flexibility index (Phi) is 5.21. The molecule has 10 heteroatoms. The number of ether oxygens (including phenoxy) is 1. The molecule has 0 spiro atoms. The van der Waals surface area contributed by atoms with Crippen molar-refractivity contribution in [2.45, 2.75) is 38.2 Å². The topological polar surface area (TPSA) is 107 Å². The van der Waals surface area contributed by atoms with E-state index in [4.69, 9.17) is 8.92 Å². The summed E-state index contributed by atoms with van der Waals surface area (Å²) in [6.45, 7) is 1.58. The van der Waals surface area contributed by atoms with E-state index in [-0.39, 0.29) is 6.42 Å². The lowest BCUT2D eigenvalue weighted by Crippen LogP contribution is -2.33. The highest BCUT2D eigenvalue weighted by molar-refractivity contribution is 7.86. The van der Waals surface area contributed by atoms with Crippen LogP contribution in [0.3, 0.4) is 0 Å². The Morgan fingerprint density at radius 3 is 2.77 bits per heavy atom. The van der Waals surface area contributed by atoms with E-state index >= 15 is 0 Å². The number of H-pyrrole nitrogens is 1. The van der Waals surface area contributed by atoms with Crippen LogP contribution in [0.1, 0.15) is 24.6 Å². The summed E-state index contributed by atoms with van der Waals surface area (Å²) in [7, 11) is -1.08. The number of rotatable bonds is 5. The maximum atomic E-state index is 11.9. The average molecular weight is 350 g/mol. The van der Waals surface area contributed by atoms with Crippen LogP contribution in [0.5, 0.6) is 0 Å². The molecule has 0 aromatic carbocycles. The number of hydrogen-bond donors (Lipinski definition) is 1. The summed E-state index contributed by atoms with van der Waals surface area (Å²) >= 11 is 0. The zero-order chi connectivity index (χ0) is 16.5. The molecule has 1 unspecified atom stereocenters. The number of aryl methyl sites for hydroxylation is 1. The maximum Gasteiger partial charge on any atom is 0.330 e. The van der Waals surface area contributed by atoms with E-state index in [2.05, 4.69) is 14.2 Å². The van der Waals surface area contributed by atoms with Crippen LogP contribution in [0.15, 0.2) is 15.8 Å². The standard InChI is InChI=1S/C12H19N2O6PS/c1-7-6-14(12(16)13-11(7)15)10-5-9(20-22(2,17)18)8(19-10)3-4-21/h6,8-10H,3-5,21H2,1-2H3,(H,13,15,16)/t8-,9-,10-/m1/s1. The second kappa shape index (κ2) is 6.62. The minimum atomic E-state index is -3.62. The molecule has 1 aliphatic rings. The SMILES string of the molecule is Cc1cn([C@H]2C[C@@H](OS(C)(=O)=O)[C@@H](CCP)O2)c(=O)[nH]c1=O.